The van der Waals surface area contributed by atoms with Gasteiger partial charge < -0.3 is 14.6 Å². The minimum atomic E-state index is -4.65. The first-order chi connectivity index (χ1) is 10.4. The summed E-state index contributed by atoms with van der Waals surface area (Å²) in [5, 5.41) is 3.28. The number of alkyl halides is 3. The largest absolute Gasteiger partial charge is 0.573 e. The van der Waals surface area contributed by atoms with Gasteiger partial charge in [0.1, 0.15) is 5.75 Å². The van der Waals surface area contributed by atoms with Crippen LogP contribution in [0.1, 0.15) is 12.5 Å². The molecule has 0 fully saturated rings. The van der Waals surface area contributed by atoms with Gasteiger partial charge in [-0.1, -0.05) is 19.1 Å². The highest BCUT2D eigenvalue weighted by atomic mass is 19.4. The third kappa shape index (κ3) is 5.77. The summed E-state index contributed by atoms with van der Waals surface area (Å²) in [4.78, 5) is 3.99. The van der Waals surface area contributed by atoms with E-state index in [-0.39, 0.29) is 5.75 Å². The zero-order chi connectivity index (χ0) is 16.0. The van der Waals surface area contributed by atoms with Gasteiger partial charge in [-0.3, -0.25) is 0 Å². The number of ether oxygens (including phenoxy) is 1. The van der Waals surface area contributed by atoms with Crippen molar-refractivity contribution >= 4 is 0 Å². The SMILES string of the molecule is CC(CNCc1ccc(OC(F)(F)F)cc1)Cn1ccnc1. The molecule has 1 N–H and O–H groups in total. The van der Waals surface area contributed by atoms with Crippen molar-refractivity contribution in [3.63, 3.8) is 0 Å². The van der Waals surface area contributed by atoms with Gasteiger partial charge in [0, 0.05) is 25.5 Å². The van der Waals surface area contributed by atoms with Gasteiger partial charge in [-0.05, 0) is 30.2 Å². The first-order valence-electron chi connectivity index (χ1n) is 6.93. The van der Waals surface area contributed by atoms with Crippen molar-refractivity contribution in [2.75, 3.05) is 6.54 Å². The van der Waals surface area contributed by atoms with Crippen LogP contribution in [0.4, 0.5) is 13.2 Å². The topological polar surface area (TPSA) is 39.1 Å². The maximum atomic E-state index is 12.0. The molecule has 1 atom stereocenters. The number of hydrogen-bond acceptors (Lipinski definition) is 3. The van der Waals surface area contributed by atoms with E-state index in [2.05, 4.69) is 22.0 Å². The van der Waals surface area contributed by atoms with Gasteiger partial charge in [-0.25, -0.2) is 4.98 Å². The number of hydrogen-bond donors (Lipinski definition) is 1. The number of halogens is 3. The Morgan fingerprint density at radius 3 is 2.59 bits per heavy atom. The Balaban J connectivity index is 1.72. The summed E-state index contributed by atoms with van der Waals surface area (Å²) in [5.41, 5.74) is 0.907. The van der Waals surface area contributed by atoms with Gasteiger partial charge in [-0.2, -0.15) is 0 Å². The molecular weight excluding hydrogens is 295 g/mol. The van der Waals surface area contributed by atoms with Crippen LogP contribution in [0.15, 0.2) is 43.0 Å². The van der Waals surface area contributed by atoms with E-state index in [9.17, 15) is 13.2 Å². The molecule has 1 unspecified atom stereocenters. The molecule has 1 aromatic carbocycles. The summed E-state index contributed by atoms with van der Waals surface area (Å²) >= 11 is 0. The molecule has 1 aromatic heterocycles. The smallest absolute Gasteiger partial charge is 0.406 e. The average molecular weight is 313 g/mol. The van der Waals surface area contributed by atoms with Crippen LogP contribution in [0.25, 0.3) is 0 Å². The van der Waals surface area contributed by atoms with E-state index in [1.807, 2.05) is 10.8 Å². The second-order valence-electron chi connectivity index (χ2n) is 5.19. The normalized spacial score (nSPS) is 13.1. The molecule has 2 aromatic rings. The van der Waals surface area contributed by atoms with Crippen molar-refractivity contribution in [2.24, 2.45) is 5.92 Å². The molecule has 0 saturated carbocycles. The quantitative estimate of drug-likeness (QED) is 0.853. The van der Waals surface area contributed by atoms with E-state index >= 15 is 0 Å². The maximum absolute atomic E-state index is 12.0. The number of imidazole rings is 1. The standard InChI is InChI=1S/C15H18F3N3O/c1-12(10-21-7-6-19-11-21)8-20-9-13-2-4-14(5-3-13)22-15(16,17)18/h2-7,11-12,20H,8-10H2,1H3. The van der Waals surface area contributed by atoms with Crippen LogP contribution in [0, 0.1) is 5.92 Å². The van der Waals surface area contributed by atoms with Gasteiger partial charge in [0.25, 0.3) is 0 Å². The number of benzene rings is 1. The molecule has 0 aliphatic heterocycles. The van der Waals surface area contributed by atoms with E-state index in [0.29, 0.717) is 12.5 Å². The van der Waals surface area contributed by atoms with Crippen molar-refractivity contribution in [3.05, 3.63) is 48.5 Å². The number of rotatable bonds is 7. The van der Waals surface area contributed by atoms with Gasteiger partial charge in [0.15, 0.2) is 0 Å². The minimum Gasteiger partial charge on any atom is -0.406 e. The number of aromatic nitrogens is 2. The lowest BCUT2D eigenvalue weighted by Gasteiger charge is -2.13. The van der Waals surface area contributed by atoms with Gasteiger partial charge in [-0.15, -0.1) is 13.2 Å². The second kappa shape index (κ2) is 7.31. The molecule has 22 heavy (non-hydrogen) atoms. The predicted molar refractivity (Wildman–Crippen MR) is 76.2 cm³/mol. The van der Waals surface area contributed by atoms with Gasteiger partial charge in [0.05, 0.1) is 6.33 Å². The third-order valence-corrected chi connectivity index (χ3v) is 3.06. The molecule has 1 heterocycles. The first-order valence-corrected chi connectivity index (χ1v) is 6.93. The van der Waals surface area contributed by atoms with E-state index in [0.717, 1.165) is 18.7 Å². The summed E-state index contributed by atoms with van der Waals surface area (Å²) in [6.07, 6.45) is 0.777. The predicted octanol–water partition coefficient (Wildman–Crippen LogP) is 3.21. The van der Waals surface area contributed by atoms with Crippen molar-refractivity contribution in [1.82, 2.24) is 14.9 Å². The summed E-state index contributed by atoms with van der Waals surface area (Å²) in [6, 6.07) is 5.88. The van der Waals surface area contributed by atoms with E-state index in [1.54, 1.807) is 24.7 Å². The lowest BCUT2D eigenvalue weighted by Crippen LogP contribution is -2.23. The molecule has 120 valence electrons. The fourth-order valence-corrected chi connectivity index (χ4v) is 2.09. The number of nitrogens with one attached hydrogen (secondary N) is 1. The molecule has 7 heteroatoms. The van der Waals surface area contributed by atoms with E-state index in [1.165, 1.54) is 12.1 Å². The second-order valence-corrected chi connectivity index (χ2v) is 5.19. The zero-order valence-corrected chi connectivity index (χ0v) is 12.2. The van der Waals surface area contributed by atoms with Crippen LogP contribution in [0.5, 0.6) is 5.75 Å². The fourth-order valence-electron chi connectivity index (χ4n) is 2.09. The summed E-state index contributed by atoms with van der Waals surface area (Å²) in [7, 11) is 0. The monoisotopic (exact) mass is 313 g/mol. The Bertz CT molecular complexity index is 552. The van der Waals surface area contributed by atoms with E-state index < -0.39 is 6.36 Å². The lowest BCUT2D eigenvalue weighted by molar-refractivity contribution is -0.274. The van der Waals surface area contributed by atoms with Crippen LogP contribution >= 0.6 is 0 Å². The first kappa shape index (κ1) is 16.4. The van der Waals surface area contributed by atoms with Crippen molar-refractivity contribution in [1.29, 1.82) is 0 Å². The summed E-state index contributed by atoms with van der Waals surface area (Å²) in [6.45, 7) is 4.39. The van der Waals surface area contributed by atoms with Crippen LogP contribution in [0.2, 0.25) is 0 Å². The molecule has 0 saturated heterocycles. The molecule has 0 radical (unpaired) electrons. The lowest BCUT2D eigenvalue weighted by atomic mass is 10.1. The molecule has 2 rings (SSSR count). The van der Waals surface area contributed by atoms with Crippen molar-refractivity contribution in [3.8, 4) is 5.75 Å². The summed E-state index contributed by atoms with van der Waals surface area (Å²) < 4.78 is 42.0. The van der Waals surface area contributed by atoms with Gasteiger partial charge >= 0.3 is 6.36 Å². The summed E-state index contributed by atoms with van der Waals surface area (Å²) in [5.74, 6) is 0.215. The molecule has 0 bridgehead atoms. The van der Waals surface area contributed by atoms with E-state index in [4.69, 9.17) is 0 Å². The Morgan fingerprint density at radius 2 is 2.00 bits per heavy atom. The zero-order valence-electron chi connectivity index (χ0n) is 12.2. The maximum Gasteiger partial charge on any atom is 0.573 e. The molecule has 0 aliphatic carbocycles. The van der Waals surface area contributed by atoms with Crippen LogP contribution < -0.4 is 10.1 Å². The highest BCUT2D eigenvalue weighted by molar-refractivity contribution is 5.27. The molecule has 0 aliphatic rings. The Hall–Kier alpha value is -2.02. The average Bonchev–Trinajstić information content (AvgIpc) is 2.92. The highest BCUT2D eigenvalue weighted by Crippen LogP contribution is 2.22. The Kier molecular flexibility index (Phi) is 5.43. The highest BCUT2D eigenvalue weighted by Gasteiger charge is 2.30. The Morgan fingerprint density at radius 1 is 1.27 bits per heavy atom. The van der Waals surface area contributed by atoms with Crippen LogP contribution in [-0.4, -0.2) is 22.5 Å². The molecule has 4 nitrogen and oxygen atoms in total. The van der Waals surface area contributed by atoms with Gasteiger partial charge in [0.2, 0.25) is 0 Å². The Labute approximate surface area is 126 Å². The molecule has 0 spiro atoms. The van der Waals surface area contributed by atoms with Crippen molar-refractivity contribution < 1.29 is 17.9 Å². The fraction of sp³-hybridized carbons (Fsp3) is 0.400. The molecular formula is C15H18F3N3O. The third-order valence-electron chi connectivity index (χ3n) is 3.06. The molecule has 0 amide bonds. The van der Waals surface area contributed by atoms with Crippen LogP contribution in [-0.2, 0) is 13.1 Å². The minimum absolute atomic E-state index is 0.204. The van der Waals surface area contributed by atoms with Crippen molar-refractivity contribution in [2.45, 2.75) is 26.4 Å². The van der Waals surface area contributed by atoms with Crippen LogP contribution in [0.3, 0.4) is 0 Å². The number of nitrogens with zero attached hydrogens (tertiary/aromatic N) is 2.